The molecule has 0 aliphatic carbocycles. The molecule has 0 bridgehead atoms. The van der Waals surface area contributed by atoms with E-state index in [1.165, 1.54) is 29.5 Å². The van der Waals surface area contributed by atoms with E-state index in [2.05, 4.69) is 4.72 Å². The highest BCUT2D eigenvalue weighted by Crippen LogP contribution is 2.22. The van der Waals surface area contributed by atoms with E-state index >= 15 is 0 Å². The van der Waals surface area contributed by atoms with E-state index < -0.39 is 10.0 Å². The number of halogens is 2. The van der Waals surface area contributed by atoms with E-state index in [1.54, 1.807) is 6.07 Å². The van der Waals surface area contributed by atoms with Gasteiger partial charge in [0.05, 0.1) is 9.23 Å². The Labute approximate surface area is 137 Å². The fourth-order valence-corrected chi connectivity index (χ4v) is 4.12. The van der Waals surface area contributed by atoms with Crippen molar-refractivity contribution in [3.05, 3.63) is 50.1 Å². The topological polar surface area (TPSA) is 72.2 Å². The largest absolute Gasteiger partial charge is 0.326 e. The lowest BCUT2D eigenvalue weighted by atomic mass is 10.2. The summed E-state index contributed by atoms with van der Waals surface area (Å²) in [6.07, 6.45) is 0.591. The predicted octanol–water partition coefficient (Wildman–Crippen LogP) is 3.03. The van der Waals surface area contributed by atoms with Crippen LogP contribution in [0, 0.1) is 0 Å². The maximum atomic E-state index is 12.2. The highest BCUT2D eigenvalue weighted by Gasteiger charge is 2.15. The van der Waals surface area contributed by atoms with E-state index in [-0.39, 0.29) is 11.4 Å². The van der Waals surface area contributed by atoms with Gasteiger partial charge in [-0.2, -0.15) is 0 Å². The molecule has 0 unspecified atom stereocenters. The van der Waals surface area contributed by atoms with Crippen LogP contribution >= 0.6 is 34.5 Å². The minimum absolute atomic E-state index is 0.163. The molecule has 4 nitrogen and oxygen atoms in total. The molecule has 1 aromatic heterocycles. The summed E-state index contributed by atoms with van der Waals surface area (Å²) in [7, 11) is -3.57. The maximum absolute atomic E-state index is 12.2. The lowest BCUT2D eigenvalue weighted by Crippen LogP contribution is -2.26. The van der Waals surface area contributed by atoms with E-state index in [1.807, 2.05) is 6.07 Å². The predicted molar refractivity (Wildman–Crippen MR) is 87.6 cm³/mol. The van der Waals surface area contributed by atoms with Crippen molar-refractivity contribution in [2.24, 2.45) is 5.73 Å². The third-order valence-corrected chi connectivity index (χ3v) is 5.96. The van der Waals surface area contributed by atoms with E-state index in [9.17, 15) is 8.42 Å². The van der Waals surface area contributed by atoms with Crippen molar-refractivity contribution < 1.29 is 8.42 Å². The second kappa shape index (κ2) is 7.09. The summed E-state index contributed by atoms with van der Waals surface area (Å²) in [5.41, 5.74) is 6.13. The molecule has 0 spiro atoms. The minimum atomic E-state index is -3.57. The molecule has 0 amide bonds. The van der Waals surface area contributed by atoms with Crippen LogP contribution in [-0.4, -0.2) is 15.0 Å². The summed E-state index contributed by atoms with van der Waals surface area (Å²) in [5, 5.41) is 0.463. The van der Waals surface area contributed by atoms with Crippen LogP contribution in [0.25, 0.3) is 0 Å². The Balaban J connectivity index is 2.04. The Hall–Kier alpha value is -0.630. The van der Waals surface area contributed by atoms with Crippen LogP contribution in [0.4, 0.5) is 0 Å². The highest BCUT2D eigenvalue weighted by molar-refractivity contribution is 7.89. The lowest BCUT2D eigenvalue weighted by molar-refractivity contribution is 0.581. The average molecular weight is 365 g/mol. The molecule has 0 radical (unpaired) electrons. The number of hydrogen-bond donors (Lipinski definition) is 2. The van der Waals surface area contributed by atoms with Gasteiger partial charge in [0.1, 0.15) is 0 Å². The van der Waals surface area contributed by atoms with Crippen molar-refractivity contribution in [3.63, 3.8) is 0 Å². The quantitative estimate of drug-likeness (QED) is 0.827. The summed E-state index contributed by atoms with van der Waals surface area (Å²) in [6, 6.07) is 8.18. The molecule has 21 heavy (non-hydrogen) atoms. The molecule has 2 rings (SSSR count). The van der Waals surface area contributed by atoms with E-state index in [0.29, 0.717) is 27.9 Å². The van der Waals surface area contributed by atoms with Crippen molar-refractivity contribution >= 4 is 44.6 Å². The van der Waals surface area contributed by atoms with Gasteiger partial charge in [-0.25, -0.2) is 13.1 Å². The molecule has 3 N–H and O–H groups in total. The SMILES string of the molecule is NCc1cc(S(=O)(=O)NCCc2ccc(Cl)s2)ccc1Cl. The highest BCUT2D eigenvalue weighted by atomic mass is 35.5. The average Bonchev–Trinajstić information content (AvgIpc) is 2.84. The molecule has 114 valence electrons. The van der Waals surface area contributed by atoms with Crippen molar-refractivity contribution in [1.29, 1.82) is 0 Å². The molecule has 0 atom stereocenters. The van der Waals surface area contributed by atoms with Gasteiger partial charge in [0.2, 0.25) is 10.0 Å². The Morgan fingerprint density at radius 1 is 1.19 bits per heavy atom. The number of benzene rings is 1. The maximum Gasteiger partial charge on any atom is 0.240 e. The standard InChI is InChI=1S/C13H14Cl2N2O2S2/c14-12-3-2-11(7-9(12)8-16)21(18,19)17-6-5-10-1-4-13(15)20-10/h1-4,7,17H,5-6,8,16H2. The molecule has 2 aromatic rings. The summed E-state index contributed by atoms with van der Waals surface area (Å²) >= 11 is 13.2. The smallest absolute Gasteiger partial charge is 0.240 e. The molecule has 0 aliphatic heterocycles. The van der Waals surface area contributed by atoms with Crippen LogP contribution in [0.5, 0.6) is 0 Å². The van der Waals surface area contributed by atoms with Gasteiger partial charge >= 0.3 is 0 Å². The Bertz CT molecular complexity index is 730. The van der Waals surface area contributed by atoms with Crippen LogP contribution in [0.2, 0.25) is 9.36 Å². The first-order chi connectivity index (χ1) is 9.92. The van der Waals surface area contributed by atoms with Gasteiger partial charge in [-0.3, -0.25) is 0 Å². The summed E-state index contributed by atoms with van der Waals surface area (Å²) in [6.45, 7) is 0.496. The molecule has 0 aliphatic rings. The normalized spacial score (nSPS) is 11.8. The zero-order chi connectivity index (χ0) is 15.5. The Morgan fingerprint density at radius 3 is 2.57 bits per heavy atom. The second-order valence-electron chi connectivity index (χ2n) is 4.31. The minimum Gasteiger partial charge on any atom is -0.326 e. The summed E-state index contributed by atoms with van der Waals surface area (Å²) in [4.78, 5) is 1.19. The first-order valence-corrected chi connectivity index (χ1v) is 9.20. The van der Waals surface area contributed by atoms with Crippen LogP contribution in [-0.2, 0) is 23.0 Å². The Morgan fingerprint density at radius 2 is 1.95 bits per heavy atom. The fourth-order valence-electron chi connectivity index (χ4n) is 1.75. The first kappa shape index (κ1) is 16.7. The monoisotopic (exact) mass is 364 g/mol. The van der Waals surface area contributed by atoms with Gasteiger partial charge in [0.15, 0.2) is 0 Å². The van der Waals surface area contributed by atoms with Crippen molar-refractivity contribution in [1.82, 2.24) is 4.72 Å². The third-order valence-electron chi connectivity index (χ3n) is 2.84. The van der Waals surface area contributed by atoms with Crippen LogP contribution in [0.15, 0.2) is 35.2 Å². The number of nitrogens with two attached hydrogens (primary N) is 1. The third kappa shape index (κ3) is 4.42. The molecule has 0 fully saturated rings. The van der Waals surface area contributed by atoms with E-state index in [0.717, 1.165) is 4.88 Å². The van der Waals surface area contributed by atoms with Gasteiger partial charge < -0.3 is 5.73 Å². The first-order valence-electron chi connectivity index (χ1n) is 6.15. The Kier molecular flexibility index (Phi) is 5.65. The molecular weight excluding hydrogens is 351 g/mol. The van der Waals surface area contributed by atoms with Crippen LogP contribution in [0.3, 0.4) is 0 Å². The van der Waals surface area contributed by atoms with Crippen molar-refractivity contribution in [3.8, 4) is 0 Å². The van der Waals surface area contributed by atoms with Gasteiger partial charge in [-0.05, 0) is 42.3 Å². The number of rotatable bonds is 6. The van der Waals surface area contributed by atoms with Crippen molar-refractivity contribution in [2.45, 2.75) is 17.9 Å². The number of hydrogen-bond acceptors (Lipinski definition) is 4. The van der Waals surface area contributed by atoms with Crippen LogP contribution < -0.4 is 10.5 Å². The van der Waals surface area contributed by atoms with Crippen molar-refractivity contribution in [2.75, 3.05) is 6.54 Å². The molecule has 1 heterocycles. The summed E-state index contributed by atoms with van der Waals surface area (Å²) < 4.78 is 27.6. The van der Waals surface area contributed by atoms with E-state index in [4.69, 9.17) is 28.9 Å². The second-order valence-corrected chi connectivity index (χ2v) is 8.28. The molecule has 0 saturated heterocycles. The van der Waals surface area contributed by atoms with Gasteiger partial charge in [0, 0.05) is 23.0 Å². The molecule has 8 heteroatoms. The van der Waals surface area contributed by atoms with Gasteiger partial charge in [0.25, 0.3) is 0 Å². The number of sulfonamides is 1. The lowest BCUT2D eigenvalue weighted by Gasteiger charge is -2.08. The number of thiophene rings is 1. The zero-order valence-corrected chi connectivity index (χ0v) is 14.1. The zero-order valence-electron chi connectivity index (χ0n) is 11.0. The fraction of sp³-hybridized carbons (Fsp3) is 0.231. The van der Waals surface area contributed by atoms with Crippen LogP contribution in [0.1, 0.15) is 10.4 Å². The molecule has 0 saturated carbocycles. The number of nitrogens with one attached hydrogen (secondary N) is 1. The molecule has 1 aromatic carbocycles. The van der Waals surface area contributed by atoms with Gasteiger partial charge in [-0.1, -0.05) is 23.2 Å². The summed E-state index contributed by atoms with van der Waals surface area (Å²) in [5.74, 6) is 0. The van der Waals surface area contributed by atoms with Gasteiger partial charge in [-0.15, -0.1) is 11.3 Å². The molecular formula is C13H14Cl2N2O2S2.